The number of nitrogens with one attached hydrogen (secondary N) is 2. The Bertz CT molecular complexity index is 433. The summed E-state index contributed by atoms with van der Waals surface area (Å²) in [6.07, 6.45) is 0.925. The van der Waals surface area contributed by atoms with E-state index in [4.69, 9.17) is 10.5 Å². The number of hydrogen-bond acceptors (Lipinski definition) is 4. The van der Waals surface area contributed by atoms with Gasteiger partial charge in [0.15, 0.2) is 0 Å². The molecule has 0 heterocycles. The van der Waals surface area contributed by atoms with E-state index in [9.17, 15) is 4.79 Å². The van der Waals surface area contributed by atoms with Gasteiger partial charge in [0.05, 0.1) is 24.5 Å². The first-order chi connectivity index (χ1) is 9.54. The molecule has 20 heavy (non-hydrogen) atoms. The summed E-state index contributed by atoms with van der Waals surface area (Å²) in [6, 6.07) is 5.52. The zero-order valence-electron chi connectivity index (χ0n) is 12.5. The molecule has 4 N–H and O–H groups in total. The summed E-state index contributed by atoms with van der Waals surface area (Å²) in [5, 5.41) is 5.88. The van der Waals surface area contributed by atoms with Crippen LogP contribution in [0.3, 0.4) is 0 Å². The predicted octanol–water partition coefficient (Wildman–Crippen LogP) is 2.24. The molecular formula is C15H25N3O2. The maximum atomic E-state index is 11.6. The molecule has 0 atom stereocenters. The Morgan fingerprint density at radius 3 is 2.80 bits per heavy atom. The zero-order valence-corrected chi connectivity index (χ0v) is 12.5. The topological polar surface area (TPSA) is 76.4 Å². The van der Waals surface area contributed by atoms with Crippen molar-refractivity contribution in [2.45, 2.75) is 27.2 Å². The Hall–Kier alpha value is -1.91. The first kappa shape index (κ1) is 16.1. The van der Waals surface area contributed by atoms with E-state index in [1.54, 1.807) is 0 Å². The molecule has 0 saturated carbocycles. The maximum Gasteiger partial charge on any atom is 0.239 e. The highest BCUT2D eigenvalue weighted by atomic mass is 16.5. The molecule has 0 aliphatic carbocycles. The minimum absolute atomic E-state index is 0.0435. The van der Waals surface area contributed by atoms with Crippen molar-refractivity contribution >= 4 is 17.3 Å². The number of carbonyl (C=O) groups is 1. The van der Waals surface area contributed by atoms with E-state index in [1.165, 1.54) is 0 Å². The Kier molecular flexibility index (Phi) is 6.70. The zero-order chi connectivity index (χ0) is 15.0. The first-order valence-corrected chi connectivity index (χ1v) is 7.06. The number of benzene rings is 1. The minimum Gasteiger partial charge on any atom is -0.491 e. The van der Waals surface area contributed by atoms with Gasteiger partial charge in [-0.25, -0.2) is 0 Å². The van der Waals surface area contributed by atoms with Gasteiger partial charge in [-0.1, -0.05) is 26.8 Å². The van der Waals surface area contributed by atoms with Crippen LogP contribution in [0.5, 0.6) is 5.75 Å². The van der Waals surface area contributed by atoms with Crippen LogP contribution in [0.4, 0.5) is 11.4 Å². The van der Waals surface area contributed by atoms with Crippen molar-refractivity contribution in [3.05, 3.63) is 18.2 Å². The second-order valence-corrected chi connectivity index (χ2v) is 5.12. The molecule has 1 rings (SSSR count). The molecule has 5 nitrogen and oxygen atoms in total. The molecule has 1 aromatic rings. The number of rotatable bonds is 8. The summed E-state index contributed by atoms with van der Waals surface area (Å²) in [7, 11) is 0. The van der Waals surface area contributed by atoms with E-state index in [2.05, 4.69) is 24.5 Å². The Morgan fingerprint density at radius 1 is 1.40 bits per heavy atom. The number of amides is 1. The van der Waals surface area contributed by atoms with Gasteiger partial charge >= 0.3 is 0 Å². The lowest BCUT2D eigenvalue weighted by Crippen LogP contribution is -2.32. The summed E-state index contributed by atoms with van der Waals surface area (Å²) in [6.45, 7) is 7.66. The van der Waals surface area contributed by atoms with Crippen LogP contribution in [0.1, 0.15) is 27.2 Å². The standard InChI is InChI=1S/C15H25N3O2/c1-4-8-20-13-7-5-6-12(15(13)16)17-10-14(19)18-9-11(2)3/h5-7,11,17H,4,8-10,16H2,1-3H3,(H,18,19). The van der Waals surface area contributed by atoms with Gasteiger partial charge < -0.3 is 21.1 Å². The third-order valence-corrected chi connectivity index (χ3v) is 2.67. The smallest absolute Gasteiger partial charge is 0.239 e. The van der Waals surface area contributed by atoms with Crippen molar-refractivity contribution in [3.8, 4) is 5.75 Å². The van der Waals surface area contributed by atoms with Crippen LogP contribution in [0, 0.1) is 5.92 Å². The second kappa shape index (κ2) is 8.30. The summed E-state index contributed by atoms with van der Waals surface area (Å²) >= 11 is 0. The fraction of sp³-hybridized carbons (Fsp3) is 0.533. The lowest BCUT2D eigenvalue weighted by molar-refractivity contribution is -0.119. The number of nitrogens with two attached hydrogens (primary N) is 1. The fourth-order valence-electron chi connectivity index (χ4n) is 1.59. The van der Waals surface area contributed by atoms with Gasteiger partial charge in [-0.3, -0.25) is 4.79 Å². The van der Waals surface area contributed by atoms with Crippen LogP contribution in [0.2, 0.25) is 0 Å². The first-order valence-electron chi connectivity index (χ1n) is 7.06. The van der Waals surface area contributed by atoms with Gasteiger partial charge in [0.2, 0.25) is 5.91 Å². The number of para-hydroxylation sites is 1. The van der Waals surface area contributed by atoms with Gasteiger partial charge in [-0.2, -0.15) is 0 Å². The summed E-state index contributed by atoms with van der Waals surface area (Å²) < 4.78 is 5.55. The van der Waals surface area contributed by atoms with E-state index in [0.29, 0.717) is 30.5 Å². The highest BCUT2D eigenvalue weighted by Gasteiger charge is 2.07. The van der Waals surface area contributed by atoms with Crippen LogP contribution < -0.4 is 21.1 Å². The van der Waals surface area contributed by atoms with Crippen LogP contribution >= 0.6 is 0 Å². The normalized spacial score (nSPS) is 10.4. The Morgan fingerprint density at radius 2 is 2.15 bits per heavy atom. The van der Waals surface area contributed by atoms with Crippen LogP contribution in [0.15, 0.2) is 18.2 Å². The molecule has 0 spiro atoms. The number of anilines is 2. The monoisotopic (exact) mass is 279 g/mol. The van der Waals surface area contributed by atoms with E-state index in [-0.39, 0.29) is 12.5 Å². The molecule has 1 aromatic carbocycles. The van der Waals surface area contributed by atoms with Gasteiger partial charge in [0, 0.05) is 6.54 Å². The van der Waals surface area contributed by atoms with Gasteiger partial charge in [-0.05, 0) is 24.5 Å². The van der Waals surface area contributed by atoms with Crippen molar-refractivity contribution in [1.82, 2.24) is 5.32 Å². The van der Waals surface area contributed by atoms with E-state index in [0.717, 1.165) is 12.1 Å². The number of ether oxygens (including phenoxy) is 1. The maximum absolute atomic E-state index is 11.6. The molecular weight excluding hydrogens is 254 g/mol. The van der Waals surface area contributed by atoms with E-state index in [1.807, 2.05) is 25.1 Å². The lowest BCUT2D eigenvalue weighted by Gasteiger charge is -2.14. The van der Waals surface area contributed by atoms with Crippen molar-refractivity contribution in [3.63, 3.8) is 0 Å². The summed E-state index contributed by atoms with van der Waals surface area (Å²) in [4.78, 5) is 11.6. The Labute approximate surface area is 120 Å². The molecule has 0 unspecified atom stereocenters. The Balaban J connectivity index is 2.53. The highest BCUT2D eigenvalue weighted by Crippen LogP contribution is 2.29. The predicted molar refractivity (Wildman–Crippen MR) is 83.0 cm³/mol. The van der Waals surface area contributed by atoms with Gasteiger partial charge in [0.25, 0.3) is 0 Å². The van der Waals surface area contributed by atoms with Crippen molar-refractivity contribution < 1.29 is 9.53 Å². The molecule has 0 aliphatic rings. The van der Waals surface area contributed by atoms with E-state index >= 15 is 0 Å². The number of hydrogen-bond donors (Lipinski definition) is 3. The SMILES string of the molecule is CCCOc1cccc(NCC(=O)NCC(C)C)c1N. The number of carbonyl (C=O) groups excluding carboxylic acids is 1. The number of nitrogen functional groups attached to an aromatic ring is 1. The fourth-order valence-corrected chi connectivity index (χ4v) is 1.59. The van der Waals surface area contributed by atoms with Crippen LogP contribution in [-0.2, 0) is 4.79 Å². The van der Waals surface area contributed by atoms with Crippen molar-refractivity contribution in [2.75, 3.05) is 30.7 Å². The molecule has 5 heteroatoms. The van der Waals surface area contributed by atoms with E-state index < -0.39 is 0 Å². The summed E-state index contributed by atoms with van der Waals surface area (Å²) in [5.41, 5.74) is 7.27. The molecule has 1 amide bonds. The average Bonchev–Trinajstić information content (AvgIpc) is 2.42. The summed E-state index contributed by atoms with van der Waals surface area (Å²) in [5.74, 6) is 1.05. The van der Waals surface area contributed by atoms with Gasteiger partial charge in [0.1, 0.15) is 5.75 Å². The molecule has 0 radical (unpaired) electrons. The molecule has 0 aromatic heterocycles. The second-order valence-electron chi connectivity index (χ2n) is 5.12. The van der Waals surface area contributed by atoms with Crippen molar-refractivity contribution in [1.29, 1.82) is 0 Å². The molecule has 0 bridgehead atoms. The third-order valence-electron chi connectivity index (χ3n) is 2.67. The quantitative estimate of drug-likeness (QED) is 0.638. The molecule has 0 aliphatic heterocycles. The van der Waals surface area contributed by atoms with Gasteiger partial charge in [-0.15, -0.1) is 0 Å². The lowest BCUT2D eigenvalue weighted by atomic mass is 10.2. The molecule has 0 saturated heterocycles. The molecule has 0 fully saturated rings. The van der Waals surface area contributed by atoms with Crippen LogP contribution in [-0.4, -0.2) is 25.6 Å². The minimum atomic E-state index is -0.0435. The molecule has 112 valence electrons. The largest absolute Gasteiger partial charge is 0.491 e. The third kappa shape index (κ3) is 5.38. The average molecular weight is 279 g/mol. The van der Waals surface area contributed by atoms with Crippen LogP contribution in [0.25, 0.3) is 0 Å². The highest BCUT2D eigenvalue weighted by molar-refractivity contribution is 5.83. The van der Waals surface area contributed by atoms with Crippen molar-refractivity contribution in [2.24, 2.45) is 5.92 Å².